The van der Waals surface area contributed by atoms with E-state index < -0.39 is 0 Å². The van der Waals surface area contributed by atoms with Gasteiger partial charge in [0.05, 0.1) is 22.1 Å². The third-order valence-electron chi connectivity index (χ3n) is 12.1. The van der Waals surface area contributed by atoms with Gasteiger partial charge in [-0.25, -0.2) is 0 Å². The maximum absolute atomic E-state index is 6.65. The van der Waals surface area contributed by atoms with Crippen molar-refractivity contribution in [2.45, 2.75) is 19.3 Å². The summed E-state index contributed by atoms with van der Waals surface area (Å²) in [4.78, 5) is 0. The molecule has 254 valence electrons. The Hall–Kier alpha value is -6.84. The highest BCUT2D eigenvalue weighted by Gasteiger charge is 2.38. The molecule has 8 aromatic carbocycles. The van der Waals surface area contributed by atoms with Gasteiger partial charge in [0.2, 0.25) is 0 Å². The molecular formula is C51H34N2O. The molecule has 0 fully saturated rings. The highest BCUT2D eigenvalue weighted by Crippen LogP contribution is 2.53. The molecular weight excluding hydrogens is 657 g/mol. The highest BCUT2D eigenvalue weighted by atomic mass is 16.3. The minimum atomic E-state index is -0.122. The second kappa shape index (κ2) is 10.6. The van der Waals surface area contributed by atoms with E-state index in [-0.39, 0.29) is 5.41 Å². The fourth-order valence-corrected chi connectivity index (χ4v) is 9.72. The Labute approximate surface area is 311 Å². The van der Waals surface area contributed by atoms with Gasteiger partial charge in [-0.3, -0.25) is 0 Å². The second-order valence-electron chi connectivity index (χ2n) is 15.3. The molecule has 3 heterocycles. The van der Waals surface area contributed by atoms with Crippen molar-refractivity contribution in [3.8, 4) is 33.6 Å². The van der Waals surface area contributed by atoms with Crippen molar-refractivity contribution in [1.29, 1.82) is 0 Å². The van der Waals surface area contributed by atoms with Crippen LogP contribution in [0.3, 0.4) is 0 Å². The molecule has 0 radical (unpaired) electrons. The van der Waals surface area contributed by atoms with Crippen LogP contribution in [0.4, 0.5) is 0 Å². The topological polar surface area (TPSA) is 23.0 Å². The van der Waals surface area contributed by atoms with Crippen LogP contribution in [0.5, 0.6) is 0 Å². The lowest BCUT2D eigenvalue weighted by atomic mass is 9.80. The van der Waals surface area contributed by atoms with Gasteiger partial charge in [0.25, 0.3) is 0 Å². The lowest BCUT2D eigenvalue weighted by Gasteiger charge is -2.22. The molecule has 3 nitrogen and oxygen atoms in total. The lowest BCUT2D eigenvalue weighted by Crippen LogP contribution is -2.15. The number of hydrogen-bond acceptors (Lipinski definition) is 1. The molecule has 0 bridgehead atoms. The van der Waals surface area contributed by atoms with Crippen molar-refractivity contribution < 1.29 is 4.42 Å². The Balaban J connectivity index is 1.13. The van der Waals surface area contributed by atoms with Crippen molar-refractivity contribution in [2.24, 2.45) is 0 Å². The number of rotatable bonds is 3. The summed E-state index contributed by atoms with van der Waals surface area (Å²) in [5.41, 5.74) is 16.6. The first kappa shape index (κ1) is 29.7. The van der Waals surface area contributed by atoms with E-state index in [1.54, 1.807) is 0 Å². The van der Waals surface area contributed by atoms with Crippen molar-refractivity contribution in [3.63, 3.8) is 0 Å². The molecule has 54 heavy (non-hydrogen) atoms. The van der Waals surface area contributed by atoms with E-state index >= 15 is 0 Å². The second-order valence-corrected chi connectivity index (χ2v) is 15.3. The number of aromatic nitrogens is 2. The molecule has 0 atom stereocenters. The molecule has 0 unspecified atom stereocenters. The number of benzene rings is 8. The Bertz CT molecular complexity index is 3340. The summed E-state index contributed by atoms with van der Waals surface area (Å²) in [5.74, 6) is 0. The van der Waals surface area contributed by atoms with Crippen LogP contribution in [0, 0.1) is 0 Å². The van der Waals surface area contributed by atoms with Crippen molar-refractivity contribution in [2.75, 3.05) is 0 Å². The van der Waals surface area contributed by atoms with Crippen molar-refractivity contribution in [1.82, 2.24) is 9.13 Å². The van der Waals surface area contributed by atoms with Gasteiger partial charge >= 0.3 is 0 Å². The summed E-state index contributed by atoms with van der Waals surface area (Å²) >= 11 is 0. The maximum atomic E-state index is 6.65. The molecule has 0 aliphatic heterocycles. The average molecular weight is 691 g/mol. The van der Waals surface area contributed by atoms with Crippen LogP contribution in [0.2, 0.25) is 0 Å². The normalized spacial score (nSPS) is 13.5. The molecule has 12 rings (SSSR count). The fraction of sp³-hybridized carbons (Fsp3) is 0.0588. The summed E-state index contributed by atoms with van der Waals surface area (Å²) in [6.07, 6.45) is 0. The Morgan fingerprint density at radius 2 is 1.09 bits per heavy atom. The van der Waals surface area contributed by atoms with Crippen molar-refractivity contribution in [3.05, 3.63) is 181 Å². The predicted octanol–water partition coefficient (Wildman–Crippen LogP) is 13.8. The first-order valence-electron chi connectivity index (χ1n) is 18.8. The summed E-state index contributed by atoms with van der Waals surface area (Å²) in [6.45, 7) is 4.77. The zero-order valence-corrected chi connectivity index (χ0v) is 30.0. The number of fused-ring (bicyclic) bond motifs is 14. The zero-order valence-electron chi connectivity index (χ0n) is 30.0. The molecule has 3 aromatic heterocycles. The Morgan fingerprint density at radius 1 is 0.444 bits per heavy atom. The zero-order chi connectivity index (χ0) is 35.7. The molecule has 0 saturated heterocycles. The van der Waals surface area contributed by atoms with Crippen LogP contribution in [-0.4, -0.2) is 9.13 Å². The van der Waals surface area contributed by atoms with E-state index in [0.717, 1.165) is 38.7 Å². The lowest BCUT2D eigenvalue weighted by molar-refractivity contribution is 0.666. The highest BCUT2D eigenvalue weighted by molar-refractivity contribution is 6.22. The minimum Gasteiger partial charge on any atom is -0.454 e. The van der Waals surface area contributed by atoms with Crippen LogP contribution in [-0.2, 0) is 5.41 Å². The average Bonchev–Trinajstić information content (AvgIpc) is 3.93. The first-order chi connectivity index (χ1) is 26.6. The summed E-state index contributed by atoms with van der Waals surface area (Å²) < 4.78 is 11.5. The van der Waals surface area contributed by atoms with Gasteiger partial charge in [-0.15, -0.1) is 0 Å². The number of hydrogen-bond donors (Lipinski definition) is 0. The largest absolute Gasteiger partial charge is 0.454 e. The monoisotopic (exact) mass is 690 g/mol. The van der Waals surface area contributed by atoms with Crippen molar-refractivity contribution >= 4 is 65.6 Å². The number of nitrogens with zero attached hydrogens (tertiary/aromatic N) is 2. The molecule has 0 N–H and O–H groups in total. The first-order valence-corrected chi connectivity index (χ1v) is 18.8. The molecule has 1 aliphatic carbocycles. The van der Waals surface area contributed by atoms with Gasteiger partial charge < -0.3 is 13.6 Å². The van der Waals surface area contributed by atoms with E-state index in [9.17, 15) is 0 Å². The van der Waals surface area contributed by atoms with Crippen LogP contribution < -0.4 is 0 Å². The number of furan rings is 1. The van der Waals surface area contributed by atoms with Crippen LogP contribution in [0.25, 0.3) is 99.2 Å². The molecule has 0 amide bonds. The van der Waals surface area contributed by atoms with E-state index in [0.29, 0.717) is 0 Å². The van der Waals surface area contributed by atoms with Gasteiger partial charge in [-0.05, 0) is 94.0 Å². The molecule has 11 aromatic rings. The molecule has 1 aliphatic rings. The van der Waals surface area contributed by atoms with E-state index in [2.05, 4.69) is 187 Å². The molecule has 0 spiro atoms. The summed E-state index contributed by atoms with van der Waals surface area (Å²) in [5, 5.41) is 7.28. The van der Waals surface area contributed by atoms with Gasteiger partial charge in [0.15, 0.2) is 5.58 Å². The Kier molecular flexibility index (Phi) is 5.84. The third kappa shape index (κ3) is 3.85. The van der Waals surface area contributed by atoms with Crippen LogP contribution >= 0.6 is 0 Å². The van der Waals surface area contributed by atoms with Crippen LogP contribution in [0.1, 0.15) is 25.0 Å². The standard InChI is InChI=1S/C51H34N2O/c1-51(2)42-19-11-9-17-35(42)37-26-28-44-47(48(37)51)40-23-21-32(30-45(40)52(44)33-13-5-3-6-14-33)31-22-27-43-41(29-31)38-24-25-39-36-18-10-12-20-46(36)54-50(39)49(38)53(43)34-15-7-4-8-16-34/h3-30H,1-2H3. The van der Waals surface area contributed by atoms with Gasteiger partial charge in [-0.1, -0.05) is 123 Å². The van der Waals surface area contributed by atoms with Gasteiger partial charge in [-0.2, -0.15) is 0 Å². The fourth-order valence-electron chi connectivity index (χ4n) is 9.72. The smallest absolute Gasteiger partial charge is 0.160 e. The van der Waals surface area contributed by atoms with E-state index in [4.69, 9.17) is 4.42 Å². The third-order valence-corrected chi connectivity index (χ3v) is 12.1. The quantitative estimate of drug-likeness (QED) is 0.181. The van der Waals surface area contributed by atoms with Gasteiger partial charge in [0.1, 0.15) is 5.58 Å². The maximum Gasteiger partial charge on any atom is 0.160 e. The predicted molar refractivity (Wildman–Crippen MR) is 225 cm³/mol. The van der Waals surface area contributed by atoms with Crippen LogP contribution in [0.15, 0.2) is 174 Å². The number of para-hydroxylation sites is 3. The summed E-state index contributed by atoms with van der Waals surface area (Å²) in [6, 6.07) is 62.0. The van der Waals surface area contributed by atoms with E-state index in [1.165, 1.54) is 71.6 Å². The Morgan fingerprint density at radius 3 is 1.93 bits per heavy atom. The molecule has 0 saturated carbocycles. The minimum absolute atomic E-state index is 0.122. The summed E-state index contributed by atoms with van der Waals surface area (Å²) in [7, 11) is 0. The van der Waals surface area contributed by atoms with E-state index in [1.807, 2.05) is 6.07 Å². The molecule has 3 heteroatoms. The van der Waals surface area contributed by atoms with Gasteiger partial charge in [0, 0.05) is 49.1 Å². The SMILES string of the molecule is CC1(C)c2ccccc2-c2ccc3c(c21)c1ccc(-c2ccc4c(c2)c2ccc5c6ccccc6oc5c2n4-c2ccccc2)cc1n3-c1ccccc1.